The molecule has 1 saturated carbocycles. The quantitative estimate of drug-likeness (QED) is 0.769. The van der Waals surface area contributed by atoms with E-state index in [1.807, 2.05) is 54.6 Å². The molecule has 1 heterocycles. The monoisotopic (exact) mass is 332 g/mol. The molecule has 1 aromatic heterocycles. The number of amides is 1. The van der Waals surface area contributed by atoms with Gasteiger partial charge in [-0.25, -0.2) is 4.68 Å². The molecule has 5 nitrogen and oxygen atoms in total. The lowest BCUT2D eigenvalue weighted by molar-refractivity contribution is 0.102. The van der Waals surface area contributed by atoms with Crippen molar-refractivity contribution < 1.29 is 4.79 Å². The predicted molar refractivity (Wildman–Crippen MR) is 97.1 cm³/mol. The fourth-order valence-electron chi connectivity index (χ4n) is 3.07. The number of aromatic nitrogens is 3. The van der Waals surface area contributed by atoms with Crippen LogP contribution in [0.15, 0.2) is 54.6 Å². The molecule has 0 unspecified atom stereocenters. The molecular formula is C20H20N4O. The average Bonchev–Trinajstić information content (AvgIpc) is 3.40. The highest BCUT2D eigenvalue weighted by Crippen LogP contribution is 2.42. The predicted octanol–water partition coefficient (Wildman–Crippen LogP) is 3.96. The second-order valence-corrected chi connectivity index (χ2v) is 6.31. The van der Waals surface area contributed by atoms with Crippen molar-refractivity contribution in [3.8, 4) is 5.69 Å². The highest BCUT2D eigenvalue weighted by atomic mass is 16.2. The normalized spacial score (nSPS) is 13.6. The van der Waals surface area contributed by atoms with Gasteiger partial charge >= 0.3 is 0 Å². The third kappa shape index (κ3) is 3.05. The number of rotatable bonds is 5. The zero-order valence-corrected chi connectivity index (χ0v) is 14.1. The smallest absolute Gasteiger partial charge is 0.278 e. The van der Waals surface area contributed by atoms with E-state index in [9.17, 15) is 4.79 Å². The molecule has 0 aliphatic heterocycles. The highest BCUT2D eigenvalue weighted by molar-refractivity contribution is 6.04. The van der Waals surface area contributed by atoms with E-state index in [0.717, 1.165) is 41.9 Å². The van der Waals surface area contributed by atoms with Gasteiger partial charge in [-0.2, -0.15) is 0 Å². The van der Waals surface area contributed by atoms with E-state index < -0.39 is 0 Å². The van der Waals surface area contributed by atoms with Crippen molar-refractivity contribution >= 4 is 11.6 Å². The number of para-hydroxylation sites is 2. The Morgan fingerprint density at radius 2 is 1.84 bits per heavy atom. The number of hydrogen-bond donors (Lipinski definition) is 1. The number of hydrogen-bond acceptors (Lipinski definition) is 3. The van der Waals surface area contributed by atoms with Gasteiger partial charge in [-0.15, -0.1) is 5.10 Å². The number of aryl methyl sites for hydroxylation is 1. The molecule has 1 aliphatic rings. The van der Waals surface area contributed by atoms with Crippen LogP contribution in [-0.4, -0.2) is 20.9 Å². The lowest BCUT2D eigenvalue weighted by Gasteiger charge is -2.10. The Kier molecular flexibility index (Phi) is 4.06. The molecule has 0 saturated heterocycles. The zero-order valence-electron chi connectivity index (χ0n) is 14.1. The van der Waals surface area contributed by atoms with Crippen LogP contribution in [0.1, 0.15) is 47.4 Å². The molecule has 126 valence electrons. The Bertz CT molecular complexity index is 897. The van der Waals surface area contributed by atoms with E-state index in [1.54, 1.807) is 4.68 Å². The first kappa shape index (κ1) is 15.6. The van der Waals surface area contributed by atoms with Crippen LogP contribution in [0.2, 0.25) is 0 Å². The minimum Gasteiger partial charge on any atom is -0.320 e. The molecule has 0 radical (unpaired) electrons. The van der Waals surface area contributed by atoms with Crippen LogP contribution < -0.4 is 5.32 Å². The van der Waals surface area contributed by atoms with Crippen molar-refractivity contribution in [2.75, 3.05) is 5.32 Å². The summed E-state index contributed by atoms with van der Waals surface area (Å²) >= 11 is 0. The van der Waals surface area contributed by atoms with Gasteiger partial charge < -0.3 is 5.32 Å². The molecule has 0 spiro atoms. The van der Waals surface area contributed by atoms with E-state index in [0.29, 0.717) is 11.6 Å². The van der Waals surface area contributed by atoms with Crippen molar-refractivity contribution in [1.82, 2.24) is 15.0 Å². The van der Waals surface area contributed by atoms with Gasteiger partial charge in [0.2, 0.25) is 0 Å². The minimum atomic E-state index is -0.190. The standard InChI is InChI=1S/C20H20N4O/c1-2-14-8-6-7-11-17(14)21-20(25)18-19(15-12-13-15)24(23-22-18)16-9-4-3-5-10-16/h3-11,15H,2,12-13H2,1H3,(H,21,25). The zero-order chi connectivity index (χ0) is 17.2. The molecule has 1 aliphatic carbocycles. The summed E-state index contributed by atoms with van der Waals surface area (Å²) in [5.74, 6) is 0.169. The number of benzene rings is 2. The first-order valence-electron chi connectivity index (χ1n) is 8.68. The van der Waals surface area contributed by atoms with Crippen LogP contribution in [0, 0.1) is 0 Å². The molecule has 1 N–H and O–H groups in total. The van der Waals surface area contributed by atoms with Gasteiger partial charge in [0, 0.05) is 11.6 Å². The first-order valence-corrected chi connectivity index (χ1v) is 8.68. The summed E-state index contributed by atoms with van der Waals surface area (Å²) in [6.07, 6.45) is 3.01. The third-order valence-electron chi connectivity index (χ3n) is 4.53. The molecule has 5 heteroatoms. The van der Waals surface area contributed by atoms with Gasteiger partial charge in [-0.3, -0.25) is 4.79 Å². The van der Waals surface area contributed by atoms with E-state index in [1.165, 1.54) is 0 Å². The third-order valence-corrected chi connectivity index (χ3v) is 4.53. The van der Waals surface area contributed by atoms with E-state index in [-0.39, 0.29) is 5.91 Å². The molecule has 1 amide bonds. The Morgan fingerprint density at radius 1 is 1.12 bits per heavy atom. The second-order valence-electron chi connectivity index (χ2n) is 6.31. The van der Waals surface area contributed by atoms with Gasteiger partial charge in [0.15, 0.2) is 5.69 Å². The lowest BCUT2D eigenvalue weighted by atomic mass is 10.1. The van der Waals surface area contributed by atoms with Crippen molar-refractivity contribution in [2.24, 2.45) is 0 Å². The van der Waals surface area contributed by atoms with Crippen LogP contribution in [0.25, 0.3) is 5.69 Å². The number of carbonyl (C=O) groups is 1. The number of nitrogens with one attached hydrogen (secondary N) is 1. The summed E-state index contributed by atoms with van der Waals surface area (Å²) in [5, 5.41) is 11.5. The van der Waals surface area contributed by atoms with Gasteiger partial charge in [0.05, 0.1) is 11.4 Å². The summed E-state index contributed by atoms with van der Waals surface area (Å²) in [6, 6.07) is 17.7. The SMILES string of the molecule is CCc1ccccc1NC(=O)c1nnn(-c2ccccc2)c1C1CC1. The Morgan fingerprint density at radius 3 is 2.56 bits per heavy atom. The van der Waals surface area contributed by atoms with Gasteiger partial charge in [0.25, 0.3) is 5.91 Å². The van der Waals surface area contributed by atoms with Crippen LogP contribution >= 0.6 is 0 Å². The van der Waals surface area contributed by atoms with Crippen molar-refractivity contribution in [3.63, 3.8) is 0 Å². The fourth-order valence-corrected chi connectivity index (χ4v) is 3.07. The maximum atomic E-state index is 12.9. The second kappa shape index (κ2) is 6.51. The van der Waals surface area contributed by atoms with Gasteiger partial charge in [0.1, 0.15) is 0 Å². The topological polar surface area (TPSA) is 59.8 Å². The molecule has 1 fully saturated rings. The summed E-state index contributed by atoms with van der Waals surface area (Å²) < 4.78 is 1.80. The summed E-state index contributed by atoms with van der Waals surface area (Å²) in [6.45, 7) is 2.08. The van der Waals surface area contributed by atoms with E-state index in [4.69, 9.17) is 0 Å². The maximum absolute atomic E-state index is 12.9. The Labute approximate surface area is 146 Å². The molecule has 0 bridgehead atoms. The van der Waals surface area contributed by atoms with Crippen LogP contribution in [0.5, 0.6) is 0 Å². The average molecular weight is 332 g/mol. The van der Waals surface area contributed by atoms with Gasteiger partial charge in [-0.1, -0.05) is 48.5 Å². The highest BCUT2D eigenvalue weighted by Gasteiger charge is 2.34. The molecular weight excluding hydrogens is 312 g/mol. The summed E-state index contributed by atoms with van der Waals surface area (Å²) in [4.78, 5) is 12.9. The number of anilines is 1. The number of nitrogens with zero attached hydrogens (tertiary/aromatic N) is 3. The molecule has 0 atom stereocenters. The fraction of sp³-hybridized carbons (Fsp3) is 0.250. The van der Waals surface area contributed by atoms with Crippen molar-refractivity contribution in [3.05, 3.63) is 71.5 Å². The Balaban J connectivity index is 1.69. The van der Waals surface area contributed by atoms with E-state index in [2.05, 4.69) is 22.6 Å². The summed E-state index contributed by atoms with van der Waals surface area (Å²) in [7, 11) is 0. The van der Waals surface area contributed by atoms with Crippen LogP contribution in [0.3, 0.4) is 0 Å². The van der Waals surface area contributed by atoms with Crippen molar-refractivity contribution in [1.29, 1.82) is 0 Å². The van der Waals surface area contributed by atoms with Crippen LogP contribution in [-0.2, 0) is 6.42 Å². The number of carbonyl (C=O) groups excluding carboxylic acids is 1. The molecule has 2 aromatic carbocycles. The van der Waals surface area contributed by atoms with Gasteiger partial charge in [-0.05, 0) is 43.0 Å². The lowest BCUT2D eigenvalue weighted by Crippen LogP contribution is -2.16. The largest absolute Gasteiger partial charge is 0.320 e. The van der Waals surface area contributed by atoms with E-state index >= 15 is 0 Å². The maximum Gasteiger partial charge on any atom is 0.278 e. The van der Waals surface area contributed by atoms with Crippen molar-refractivity contribution in [2.45, 2.75) is 32.1 Å². The molecule has 3 aromatic rings. The molecule has 4 rings (SSSR count). The first-order chi connectivity index (χ1) is 12.3. The minimum absolute atomic E-state index is 0.190. The molecule has 25 heavy (non-hydrogen) atoms. The Hall–Kier alpha value is -2.95. The summed E-state index contributed by atoms with van der Waals surface area (Å²) in [5.41, 5.74) is 4.23. The van der Waals surface area contributed by atoms with Crippen LogP contribution in [0.4, 0.5) is 5.69 Å².